The Morgan fingerprint density at radius 3 is 2.76 bits per heavy atom. The van der Waals surface area contributed by atoms with E-state index in [2.05, 4.69) is 32.7 Å². The molecule has 4 rings (SSSR count). The van der Waals surface area contributed by atoms with Gasteiger partial charge in [-0.15, -0.1) is 12.4 Å². The Labute approximate surface area is 153 Å². The lowest BCUT2D eigenvalue weighted by molar-refractivity contribution is -0.132. The molecule has 2 aromatic rings. The SMILES string of the molecule is CC[C@@]1(C(=O)NCc2nc(-c3ccccc3)n[nH]2)C[C@@H]2CC[C@H]1N2.Cl. The molecule has 134 valence electrons. The Kier molecular flexibility index (Phi) is 5.11. The van der Waals surface area contributed by atoms with Crippen LogP contribution >= 0.6 is 12.4 Å². The topological polar surface area (TPSA) is 82.7 Å². The van der Waals surface area contributed by atoms with Gasteiger partial charge in [-0.25, -0.2) is 4.98 Å². The Morgan fingerprint density at radius 1 is 1.32 bits per heavy atom. The molecule has 0 spiro atoms. The maximum absolute atomic E-state index is 12.8. The van der Waals surface area contributed by atoms with E-state index in [1.807, 2.05) is 30.3 Å². The number of benzene rings is 1. The van der Waals surface area contributed by atoms with Crippen molar-refractivity contribution in [2.75, 3.05) is 0 Å². The van der Waals surface area contributed by atoms with Crippen molar-refractivity contribution in [3.8, 4) is 11.4 Å². The van der Waals surface area contributed by atoms with Crippen molar-refractivity contribution in [1.82, 2.24) is 25.8 Å². The number of amides is 1. The first-order valence-corrected chi connectivity index (χ1v) is 8.72. The van der Waals surface area contributed by atoms with Crippen LogP contribution < -0.4 is 10.6 Å². The highest BCUT2D eigenvalue weighted by atomic mass is 35.5. The third-order valence-corrected chi connectivity index (χ3v) is 5.58. The molecule has 2 fully saturated rings. The Balaban J connectivity index is 0.00000182. The number of rotatable bonds is 5. The first kappa shape index (κ1) is 17.9. The minimum absolute atomic E-state index is 0. The van der Waals surface area contributed by atoms with Gasteiger partial charge in [-0.2, -0.15) is 5.10 Å². The van der Waals surface area contributed by atoms with Crippen LogP contribution in [0.2, 0.25) is 0 Å². The number of H-pyrrole nitrogens is 1. The lowest BCUT2D eigenvalue weighted by atomic mass is 9.71. The summed E-state index contributed by atoms with van der Waals surface area (Å²) in [6.45, 7) is 2.50. The van der Waals surface area contributed by atoms with E-state index in [9.17, 15) is 4.79 Å². The Bertz CT molecular complexity index is 734. The second-order valence-electron chi connectivity index (χ2n) is 6.86. The summed E-state index contributed by atoms with van der Waals surface area (Å²) in [5.41, 5.74) is 0.708. The summed E-state index contributed by atoms with van der Waals surface area (Å²) < 4.78 is 0. The predicted octanol–water partition coefficient (Wildman–Crippen LogP) is 2.43. The molecule has 1 amide bonds. The van der Waals surface area contributed by atoms with Gasteiger partial charge < -0.3 is 10.6 Å². The first-order chi connectivity index (χ1) is 11.7. The number of hydrogen-bond acceptors (Lipinski definition) is 4. The molecule has 0 radical (unpaired) electrons. The van der Waals surface area contributed by atoms with Gasteiger partial charge in [0.05, 0.1) is 12.0 Å². The molecule has 1 aromatic carbocycles. The van der Waals surface area contributed by atoms with Crippen molar-refractivity contribution in [3.63, 3.8) is 0 Å². The second kappa shape index (κ2) is 7.14. The average molecular weight is 362 g/mol. The number of nitrogens with zero attached hydrogens (tertiary/aromatic N) is 2. The zero-order valence-corrected chi connectivity index (χ0v) is 15.1. The van der Waals surface area contributed by atoms with E-state index in [0.717, 1.165) is 24.8 Å². The molecule has 2 saturated heterocycles. The van der Waals surface area contributed by atoms with Crippen molar-refractivity contribution >= 4 is 18.3 Å². The summed E-state index contributed by atoms with van der Waals surface area (Å²) in [6.07, 6.45) is 4.12. The fourth-order valence-electron chi connectivity index (χ4n) is 4.23. The minimum atomic E-state index is -0.259. The van der Waals surface area contributed by atoms with E-state index < -0.39 is 0 Å². The molecule has 0 saturated carbocycles. The van der Waals surface area contributed by atoms with E-state index in [1.165, 1.54) is 6.42 Å². The quantitative estimate of drug-likeness (QED) is 0.763. The van der Waals surface area contributed by atoms with Crippen molar-refractivity contribution in [2.24, 2.45) is 5.41 Å². The van der Waals surface area contributed by atoms with Crippen LogP contribution in [0.1, 0.15) is 38.4 Å². The van der Waals surface area contributed by atoms with Gasteiger partial charge in [-0.3, -0.25) is 9.89 Å². The maximum atomic E-state index is 12.8. The molecule has 2 bridgehead atoms. The third-order valence-electron chi connectivity index (χ3n) is 5.58. The molecule has 6 nitrogen and oxygen atoms in total. The van der Waals surface area contributed by atoms with Crippen molar-refractivity contribution in [2.45, 2.75) is 51.2 Å². The van der Waals surface area contributed by atoms with Gasteiger partial charge in [-0.05, 0) is 25.7 Å². The number of hydrogen-bond donors (Lipinski definition) is 3. The van der Waals surface area contributed by atoms with Crippen LogP contribution in [0.4, 0.5) is 0 Å². The van der Waals surface area contributed by atoms with Gasteiger partial charge in [0, 0.05) is 17.6 Å². The van der Waals surface area contributed by atoms with Crippen LogP contribution in [-0.4, -0.2) is 33.2 Å². The lowest BCUT2D eigenvalue weighted by Crippen LogP contribution is -2.48. The van der Waals surface area contributed by atoms with Gasteiger partial charge >= 0.3 is 0 Å². The summed E-state index contributed by atoms with van der Waals surface area (Å²) >= 11 is 0. The van der Waals surface area contributed by atoms with Gasteiger partial charge in [-0.1, -0.05) is 37.3 Å². The van der Waals surface area contributed by atoms with Gasteiger partial charge in [0.15, 0.2) is 5.82 Å². The molecule has 2 aliphatic rings. The summed E-state index contributed by atoms with van der Waals surface area (Å²) in [4.78, 5) is 17.3. The molecular formula is C18H24ClN5O. The van der Waals surface area contributed by atoms with Crippen molar-refractivity contribution in [3.05, 3.63) is 36.2 Å². The number of aromatic amines is 1. The fourth-order valence-corrected chi connectivity index (χ4v) is 4.23. The Morgan fingerprint density at radius 2 is 2.12 bits per heavy atom. The molecule has 25 heavy (non-hydrogen) atoms. The highest BCUT2D eigenvalue weighted by molar-refractivity contribution is 5.85. The van der Waals surface area contributed by atoms with E-state index >= 15 is 0 Å². The third kappa shape index (κ3) is 3.16. The zero-order valence-electron chi connectivity index (χ0n) is 14.3. The van der Waals surface area contributed by atoms with Crippen LogP contribution in [0.25, 0.3) is 11.4 Å². The lowest BCUT2D eigenvalue weighted by Gasteiger charge is -2.34. The molecule has 3 atom stereocenters. The Hall–Kier alpha value is -1.92. The van der Waals surface area contributed by atoms with E-state index in [0.29, 0.717) is 30.3 Å². The molecule has 0 unspecified atom stereocenters. The van der Waals surface area contributed by atoms with Crippen LogP contribution in [0.3, 0.4) is 0 Å². The number of carbonyl (C=O) groups excluding carboxylic acids is 1. The largest absolute Gasteiger partial charge is 0.348 e. The highest BCUT2D eigenvalue weighted by Crippen LogP contribution is 2.45. The average Bonchev–Trinajstić information content (AvgIpc) is 3.36. The molecule has 2 aliphatic heterocycles. The summed E-state index contributed by atoms with van der Waals surface area (Å²) in [6, 6.07) is 10.7. The van der Waals surface area contributed by atoms with Crippen LogP contribution in [0.5, 0.6) is 0 Å². The minimum Gasteiger partial charge on any atom is -0.348 e. The predicted molar refractivity (Wildman–Crippen MR) is 98.2 cm³/mol. The smallest absolute Gasteiger partial charge is 0.228 e. The molecule has 0 aliphatic carbocycles. The van der Waals surface area contributed by atoms with Gasteiger partial charge in [0.2, 0.25) is 5.91 Å². The summed E-state index contributed by atoms with van der Waals surface area (Å²) in [5, 5.41) is 13.8. The van der Waals surface area contributed by atoms with E-state index in [1.54, 1.807) is 0 Å². The summed E-state index contributed by atoms with van der Waals surface area (Å²) in [5.74, 6) is 1.48. The normalized spacial score (nSPS) is 27.1. The maximum Gasteiger partial charge on any atom is 0.228 e. The number of aromatic nitrogens is 3. The highest BCUT2D eigenvalue weighted by Gasteiger charge is 2.54. The monoisotopic (exact) mass is 361 g/mol. The van der Waals surface area contributed by atoms with Crippen molar-refractivity contribution < 1.29 is 4.79 Å². The van der Waals surface area contributed by atoms with E-state index in [4.69, 9.17) is 0 Å². The number of halogens is 1. The first-order valence-electron chi connectivity index (χ1n) is 8.72. The molecular weight excluding hydrogens is 338 g/mol. The molecule has 1 aromatic heterocycles. The standard InChI is InChI=1S/C18H23N5O.ClH/c1-2-18(10-13-8-9-14(18)20-13)17(24)19-11-15-21-16(23-22-15)12-6-4-3-5-7-12;/h3-7,13-14,20H,2,8-11H2,1H3,(H,19,24)(H,21,22,23);1H/t13-,14+,18+;/m0./s1. The number of carbonyl (C=O) groups is 1. The fraction of sp³-hybridized carbons (Fsp3) is 0.500. The molecule has 7 heteroatoms. The zero-order chi connectivity index (χ0) is 16.6. The van der Waals surface area contributed by atoms with Gasteiger partial charge in [0.1, 0.15) is 5.82 Å². The van der Waals surface area contributed by atoms with Crippen LogP contribution in [-0.2, 0) is 11.3 Å². The van der Waals surface area contributed by atoms with Crippen LogP contribution in [0, 0.1) is 5.41 Å². The molecule has 3 N–H and O–H groups in total. The second-order valence-corrected chi connectivity index (χ2v) is 6.86. The van der Waals surface area contributed by atoms with Gasteiger partial charge in [0.25, 0.3) is 0 Å². The number of nitrogens with one attached hydrogen (secondary N) is 3. The van der Waals surface area contributed by atoms with E-state index in [-0.39, 0.29) is 23.7 Å². The number of fused-ring (bicyclic) bond motifs is 2. The summed E-state index contributed by atoms with van der Waals surface area (Å²) in [7, 11) is 0. The van der Waals surface area contributed by atoms with Crippen molar-refractivity contribution in [1.29, 1.82) is 0 Å². The van der Waals surface area contributed by atoms with Crippen LogP contribution in [0.15, 0.2) is 30.3 Å². The molecule has 3 heterocycles.